The maximum absolute atomic E-state index is 12.6. The molecule has 0 saturated heterocycles. The van der Waals surface area contributed by atoms with Crippen LogP contribution in [-0.2, 0) is 131 Å². The highest BCUT2D eigenvalue weighted by Crippen LogP contribution is 2.45. The Kier molecular flexibility index (Phi) is 47.1. The van der Waals surface area contributed by atoms with E-state index in [0.717, 1.165) is 306 Å². The molecule has 0 aliphatic heterocycles. The lowest BCUT2D eigenvalue weighted by Crippen LogP contribution is -2.14. The van der Waals surface area contributed by atoms with Gasteiger partial charge in [0.15, 0.2) is 0 Å². The maximum atomic E-state index is 12.6. The Bertz CT molecular complexity index is 4630. The Morgan fingerprint density at radius 1 is 0.218 bits per heavy atom. The highest BCUT2D eigenvalue weighted by Gasteiger charge is 2.28. The number of carbonyl (C=O) groups excluding carboxylic acids is 3. The number of benzene rings is 8. The Hall–Kier alpha value is -10.2. The molecule has 0 fully saturated rings. The van der Waals surface area contributed by atoms with Crippen molar-refractivity contribution in [3.63, 3.8) is 0 Å². The van der Waals surface area contributed by atoms with Gasteiger partial charge in [0.05, 0.1) is 0 Å². The third-order valence-corrected chi connectivity index (χ3v) is 26.4. The lowest BCUT2D eigenvalue weighted by atomic mass is 9.87. The molecule has 16 bridgehead atoms. The monoisotopic (exact) mass is 1820 g/mol. The number of esters is 3. The highest BCUT2D eigenvalue weighted by atomic mass is 16.6. The predicted molar refractivity (Wildman–Crippen MR) is 545 cm³/mol. The van der Waals surface area contributed by atoms with Crippen molar-refractivity contribution in [2.75, 3.05) is 39.6 Å². The predicted octanol–water partition coefficient (Wildman–Crippen LogP) is 28.6. The van der Waals surface area contributed by atoms with Gasteiger partial charge in [-0.25, -0.2) is 14.4 Å². The molecule has 0 radical (unpaired) electrons. The third-order valence-electron chi connectivity index (χ3n) is 26.4. The van der Waals surface area contributed by atoms with Gasteiger partial charge in [0, 0.05) is 69.6 Å². The van der Waals surface area contributed by atoms with E-state index < -0.39 is 17.9 Å². The number of ether oxygens (including phenoxy) is 6. The summed E-state index contributed by atoms with van der Waals surface area (Å²) in [4.78, 5) is 36.3. The average Bonchev–Trinajstić information content (AvgIpc) is 0.768. The quantitative estimate of drug-likeness (QED) is 0.0104. The largest absolute Gasteiger partial charge is 0.507 e. The van der Waals surface area contributed by atoms with Crippen LogP contribution in [0.15, 0.2) is 135 Å². The molecule has 2 aliphatic carbocycles. The number of fused-ring (bicyclic) bond motifs is 16. The zero-order chi connectivity index (χ0) is 95.1. The molecular formula is C119H162O14. The maximum Gasteiger partial charge on any atom is 0.330 e. The van der Waals surface area contributed by atoms with Crippen LogP contribution in [0.25, 0.3) is 0 Å². The van der Waals surface area contributed by atoms with E-state index in [2.05, 4.69) is 172 Å². The summed E-state index contributed by atoms with van der Waals surface area (Å²) in [6.07, 6.45) is 50.2. The van der Waals surface area contributed by atoms with Crippen molar-refractivity contribution in [3.05, 3.63) is 269 Å². The number of hydrogen-bond acceptors (Lipinski definition) is 14. The van der Waals surface area contributed by atoms with Gasteiger partial charge in [0.1, 0.15) is 85.6 Å². The topological polar surface area (TPSA) is 208 Å². The summed E-state index contributed by atoms with van der Waals surface area (Å²) in [5, 5.41) is 62.1. The van der Waals surface area contributed by atoms with Crippen LogP contribution in [0.2, 0.25) is 0 Å². The first-order chi connectivity index (χ1) is 64.8. The van der Waals surface area contributed by atoms with Crippen molar-refractivity contribution in [1.82, 2.24) is 0 Å². The van der Waals surface area contributed by atoms with Crippen molar-refractivity contribution in [2.45, 2.75) is 364 Å². The van der Waals surface area contributed by atoms with Gasteiger partial charge >= 0.3 is 17.9 Å². The van der Waals surface area contributed by atoms with Gasteiger partial charge < -0.3 is 54.0 Å². The van der Waals surface area contributed by atoms with E-state index in [4.69, 9.17) is 28.4 Å². The normalized spacial score (nSPS) is 12.2. The molecule has 2 aliphatic rings. The van der Waals surface area contributed by atoms with Gasteiger partial charge in [0.2, 0.25) is 0 Å². The Morgan fingerprint density at radius 2 is 0.353 bits per heavy atom. The lowest BCUT2D eigenvalue weighted by molar-refractivity contribution is -0.139. The van der Waals surface area contributed by atoms with Gasteiger partial charge in [-0.2, -0.15) is 0 Å². The summed E-state index contributed by atoms with van der Waals surface area (Å²) in [7, 11) is 0. The van der Waals surface area contributed by atoms with Crippen LogP contribution in [0.4, 0.5) is 0 Å². The van der Waals surface area contributed by atoms with E-state index in [1.54, 1.807) is 0 Å². The lowest BCUT2D eigenvalue weighted by Gasteiger charge is -2.23. The fraction of sp³-hybridized carbons (Fsp3) is 0.521. The summed E-state index contributed by atoms with van der Waals surface area (Å²) in [5.41, 5.74) is 23.4. The molecule has 133 heavy (non-hydrogen) atoms. The van der Waals surface area contributed by atoms with E-state index in [-0.39, 0.29) is 68.4 Å². The molecule has 722 valence electrons. The summed E-state index contributed by atoms with van der Waals surface area (Å²) < 4.78 is 36.3. The minimum atomic E-state index is -0.507. The fourth-order valence-electron chi connectivity index (χ4n) is 19.2. The second kappa shape index (κ2) is 58.8. The van der Waals surface area contributed by atoms with Gasteiger partial charge in [0.25, 0.3) is 0 Å². The Balaban J connectivity index is 0.000000301. The third kappa shape index (κ3) is 34.6. The van der Waals surface area contributed by atoms with Crippen LogP contribution < -0.4 is 14.2 Å². The second-order valence-electron chi connectivity index (χ2n) is 37.6. The van der Waals surface area contributed by atoms with E-state index in [1.165, 1.54) is 102 Å². The first-order valence-corrected chi connectivity index (χ1v) is 51.7. The summed E-state index contributed by atoms with van der Waals surface area (Å²) in [5.74, 6) is 1.82. The summed E-state index contributed by atoms with van der Waals surface area (Å²) in [6.45, 7) is 29.1. The number of aromatic hydroxyl groups is 5. The fourth-order valence-corrected chi connectivity index (χ4v) is 19.2. The minimum Gasteiger partial charge on any atom is -0.507 e. The van der Waals surface area contributed by atoms with Crippen molar-refractivity contribution in [2.24, 2.45) is 0 Å². The van der Waals surface area contributed by atoms with Crippen molar-refractivity contribution in [3.8, 4) is 46.0 Å². The van der Waals surface area contributed by atoms with Gasteiger partial charge in [-0.3, -0.25) is 0 Å². The highest BCUT2D eigenvalue weighted by molar-refractivity contribution is 5.82. The van der Waals surface area contributed by atoms with Crippen molar-refractivity contribution < 1.29 is 68.3 Å². The molecule has 0 spiro atoms. The van der Waals surface area contributed by atoms with Crippen LogP contribution >= 0.6 is 0 Å². The molecule has 10 rings (SSSR count). The number of unbranched alkanes of at least 4 members (excludes halogenated alkanes) is 24. The zero-order valence-corrected chi connectivity index (χ0v) is 82.7. The average molecular weight is 1820 g/mol. The smallest absolute Gasteiger partial charge is 0.330 e. The van der Waals surface area contributed by atoms with Crippen LogP contribution in [0.3, 0.4) is 0 Å². The SMILES string of the molecule is C=CC(=O)OCCOc1c2cc(CCCCCC)cc1Cc1cc(CCCCCC)cc(c1O)Cc1cc(CCCCCC)cc(c1O)Cc1cc(CCCCCC)cc(c1O)C2.C=CC(=O)OCCOc1c2cc(CCCCCC)cc1Cc1cc(CCCCCC)cc(c1O)Cc1cc(CCCCCC)cc(c1OCCOC(=O)C=C)Cc1cc(CCCCCC)cc(c1O)C2. The minimum absolute atomic E-state index is 0.0488. The van der Waals surface area contributed by atoms with E-state index in [9.17, 15) is 39.9 Å². The Morgan fingerprint density at radius 3 is 0.489 bits per heavy atom. The van der Waals surface area contributed by atoms with Gasteiger partial charge in [-0.1, -0.05) is 326 Å². The molecule has 0 amide bonds. The number of phenols is 5. The molecule has 5 N–H and O–H groups in total. The van der Waals surface area contributed by atoms with E-state index in [0.29, 0.717) is 68.6 Å². The second-order valence-corrected chi connectivity index (χ2v) is 37.6. The van der Waals surface area contributed by atoms with Crippen molar-refractivity contribution >= 4 is 17.9 Å². The van der Waals surface area contributed by atoms with Crippen molar-refractivity contribution in [1.29, 1.82) is 0 Å². The number of hydrogen-bond donors (Lipinski definition) is 5. The van der Waals surface area contributed by atoms with Gasteiger partial charge in [-0.05, 0) is 236 Å². The number of aryl methyl sites for hydroxylation is 8. The Labute approximate surface area is 799 Å². The van der Waals surface area contributed by atoms with Crippen LogP contribution in [0.1, 0.15) is 394 Å². The number of phenolic OH excluding ortho intramolecular Hbond substituents is 5. The molecule has 0 atom stereocenters. The van der Waals surface area contributed by atoms with Crippen LogP contribution in [0, 0.1) is 0 Å². The molecule has 8 aromatic carbocycles. The summed E-state index contributed by atoms with van der Waals surface area (Å²) >= 11 is 0. The van der Waals surface area contributed by atoms with Crippen LogP contribution in [-0.4, -0.2) is 83.1 Å². The standard InChI is InChI=1S/C62H84O8.C57H78O6/c1-7-13-17-21-25-45-33-49-41-53-37-47(27-23-19-15-9-3)39-55(61(53)69-31-29-67-57(63)11-5)43-51-35-46(26-22-18-14-8-2)36-52(60(51)66)44-56-40-48(28-24-20-16-10-4)38-54(42-50(34-45)59(49)65)62(56)70-32-30-68-58(64)12-6;1-6-11-15-19-23-41-29-45-37-47-31-42(24-20-16-12-7-2)33-49(55(47)60)39-51-35-44(26-22-18-14-9-4)36-52(57(51)63-28-27-62-53(58)10-5)40-50-34-43(25-21-17-13-8-3)32-48(56(50)61)38-46(30-41)54(45)59/h11-12,33-40,65-66H,5-10,13-32,41-44H2,1-4H3;10,29-36,59-61H,5-9,11-28,37-40H2,1-4H3. The number of carbonyl (C=O) groups is 3. The molecule has 8 aromatic rings. The molecule has 0 saturated carbocycles. The van der Waals surface area contributed by atoms with E-state index in [1.807, 2.05) is 0 Å². The molecule has 14 nitrogen and oxygen atoms in total. The summed E-state index contributed by atoms with van der Waals surface area (Å²) in [6, 6.07) is 35.1. The van der Waals surface area contributed by atoms with E-state index >= 15 is 0 Å². The number of rotatable bonds is 55. The zero-order valence-electron chi connectivity index (χ0n) is 82.7. The molecule has 0 unspecified atom stereocenters. The molecular weight excluding hydrogens is 1650 g/mol. The van der Waals surface area contributed by atoms with Gasteiger partial charge in [-0.15, -0.1) is 0 Å². The first kappa shape index (κ1) is 106. The van der Waals surface area contributed by atoms with Crippen LogP contribution in [0.5, 0.6) is 46.0 Å². The molecule has 0 aromatic heterocycles. The molecule has 14 heteroatoms. The first-order valence-electron chi connectivity index (χ1n) is 51.7. The molecule has 0 heterocycles.